The summed E-state index contributed by atoms with van der Waals surface area (Å²) in [4.78, 5) is 8.18. The van der Waals surface area contributed by atoms with Gasteiger partial charge in [0, 0.05) is 36.8 Å². The van der Waals surface area contributed by atoms with Gasteiger partial charge in [0.1, 0.15) is 0 Å². The molecule has 1 aromatic carbocycles. The maximum absolute atomic E-state index is 4.57. The molecule has 0 saturated heterocycles. The lowest BCUT2D eigenvalue weighted by Gasteiger charge is -2.19. The zero-order chi connectivity index (χ0) is 14.4. The Morgan fingerprint density at radius 2 is 2.00 bits per heavy atom. The van der Waals surface area contributed by atoms with E-state index >= 15 is 0 Å². The van der Waals surface area contributed by atoms with Crippen LogP contribution in [0.25, 0.3) is 0 Å². The first kappa shape index (κ1) is 15.0. The molecular formula is C16H23N3S. The Morgan fingerprint density at radius 1 is 1.25 bits per heavy atom. The normalized spacial score (nSPS) is 11.0. The Bertz CT molecular complexity index is 507. The van der Waals surface area contributed by atoms with Gasteiger partial charge < -0.3 is 10.2 Å². The smallest absolute Gasteiger partial charge is 0.185 e. The number of rotatable bonds is 7. The first-order valence-corrected chi connectivity index (χ1v) is 7.97. The molecule has 1 N–H and O–H groups in total. The van der Waals surface area contributed by atoms with Crippen molar-refractivity contribution in [2.75, 3.05) is 11.4 Å². The molecule has 0 radical (unpaired) electrons. The van der Waals surface area contributed by atoms with E-state index in [1.54, 1.807) is 11.3 Å². The van der Waals surface area contributed by atoms with Gasteiger partial charge >= 0.3 is 0 Å². The van der Waals surface area contributed by atoms with Crippen LogP contribution in [-0.2, 0) is 13.1 Å². The van der Waals surface area contributed by atoms with Crippen LogP contribution in [-0.4, -0.2) is 17.6 Å². The molecule has 0 aliphatic heterocycles. The molecule has 0 aliphatic carbocycles. The third-order valence-electron chi connectivity index (χ3n) is 3.09. The number of benzene rings is 1. The number of aromatic nitrogens is 1. The van der Waals surface area contributed by atoms with Crippen LogP contribution in [0.1, 0.15) is 31.2 Å². The molecule has 0 fully saturated rings. The van der Waals surface area contributed by atoms with Crippen molar-refractivity contribution in [2.45, 2.75) is 39.9 Å². The molecule has 20 heavy (non-hydrogen) atoms. The summed E-state index contributed by atoms with van der Waals surface area (Å²) in [5.41, 5.74) is 1.33. The van der Waals surface area contributed by atoms with Crippen molar-refractivity contribution in [1.82, 2.24) is 10.3 Å². The monoisotopic (exact) mass is 289 g/mol. The van der Waals surface area contributed by atoms with Crippen LogP contribution in [0.15, 0.2) is 36.5 Å². The number of hydrogen-bond acceptors (Lipinski definition) is 4. The van der Waals surface area contributed by atoms with Crippen LogP contribution in [0.3, 0.4) is 0 Å². The van der Waals surface area contributed by atoms with Gasteiger partial charge in [-0.1, -0.05) is 44.2 Å². The van der Waals surface area contributed by atoms with Crippen LogP contribution < -0.4 is 10.2 Å². The summed E-state index contributed by atoms with van der Waals surface area (Å²) >= 11 is 1.78. The van der Waals surface area contributed by atoms with Crippen molar-refractivity contribution in [3.05, 3.63) is 47.0 Å². The quantitative estimate of drug-likeness (QED) is 0.843. The second kappa shape index (κ2) is 7.41. The Balaban J connectivity index is 2.01. The van der Waals surface area contributed by atoms with Crippen LogP contribution >= 0.6 is 11.3 Å². The van der Waals surface area contributed by atoms with Crippen molar-refractivity contribution in [3.8, 4) is 0 Å². The lowest BCUT2D eigenvalue weighted by molar-refractivity contribution is 0.593. The Kier molecular flexibility index (Phi) is 5.56. The van der Waals surface area contributed by atoms with E-state index in [0.29, 0.717) is 6.04 Å². The molecule has 2 rings (SSSR count). The maximum atomic E-state index is 4.57. The summed E-state index contributed by atoms with van der Waals surface area (Å²) in [5, 5.41) is 4.54. The van der Waals surface area contributed by atoms with Gasteiger partial charge in [-0.2, -0.15) is 0 Å². The summed E-state index contributed by atoms with van der Waals surface area (Å²) in [6, 6.07) is 11.1. The average molecular weight is 289 g/mol. The zero-order valence-corrected chi connectivity index (χ0v) is 13.3. The first-order chi connectivity index (χ1) is 9.69. The lowest BCUT2D eigenvalue weighted by atomic mass is 10.2. The van der Waals surface area contributed by atoms with Crippen molar-refractivity contribution in [3.63, 3.8) is 0 Å². The maximum Gasteiger partial charge on any atom is 0.185 e. The van der Waals surface area contributed by atoms with E-state index in [4.69, 9.17) is 0 Å². The molecule has 2 aromatic rings. The summed E-state index contributed by atoms with van der Waals surface area (Å²) in [7, 11) is 0. The summed E-state index contributed by atoms with van der Waals surface area (Å²) in [6.07, 6.45) is 1.99. The molecule has 0 amide bonds. The van der Waals surface area contributed by atoms with E-state index in [-0.39, 0.29) is 0 Å². The predicted molar refractivity (Wildman–Crippen MR) is 87.3 cm³/mol. The van der Waals surface area contributed by atoms with Crippen molar-refractivity contribution in [1.29, 1.82) is 0 Å². The molecule has 0 spiro atoms. The fraction of sp³-hybridized carbons (Fsp3) is 0.438. The molecule has 0 unspecified atom stereocenters. The molecule has 0 atom stereocenters. The summed E-state index contributed by atoms with van der Waals surface area (Å²) in [6.45, 7) is 9.29. The molecule has 3 nitrogen and oxygen atoms in total. The second-order valence-corrected chi connectivity index (χ2v) is 6.24. The van der Waals surface area contributed by atoms with Crippen molar-refractivity contribution < 1.29 is 0 Å². The first-order valence-electron chi connectivity index (χ1n) is 7.16. The van der Waals surface area contributed by atoms with E-state index in [0.717, 1.165) is 24.8 Å². The number of nitrogens with one attached hydrogen (secondary N) is 1. The van der Waals surface area contributed by atoms with E-state index < -0.39 is 0 Å². The van der Waals surface area contributed by atoms with Crippen LogP contribution in [0.4, 0.5) is 5.13 Å². The molecule has 0 aliphatic rings. The number of nitrogens with zero attached hydrogens (tertiary/aromatic N) is 2. The number of thiazole rings is 1. The minimum Gasteiger partial charge on any atom is -0.344 e. The molecule has 108 valence electrons. The highest BCUT2D eigenvalue weighted by atomic mass is 32.1. The topological polar surface area (TPSA) is 28.2 Å². The van der Waals surface area contributed by atoms with E-state index in [2.05, 4.69) is 66.3 Å². The molecule has 0 saturated carbocycles. The van der Waals surface area contributed by atoms with Gasteiger partial charge in [-0.15, -0.1) is 11.3 Å². The third-order valence-corrected chi connectivity index (χ3v) is 4.15. The molecule has 1 aromatic heterocycles. The molecule has 1 heterocycles. The standard InChI is InChI=1S/C16H23N3S/c1-4-19(12-14-8-6-5-7-9-14)16-18-11-15(20-16)10-17-13(2)3/h5-9,11,13,17H,4,10,12H2,1-3H3. The largest absolute Gasteiger partial charge is 0.344 e. The highest BCUT2D eigenvalue weighted by molar-refractivity contribution is 7.15. The van der Waals surface area contributed by atoms with Gasteiger partial charge in [0.05, 0.1) is 0 Å². The third kappa shape index (κ3) is 4.32. The van der Waals surface area contributed by atoms with Gasteiger partial charge in [-0.3, -0.25) is 0 Å². The summed E-state index contributed by atoms with van der Waals surface area (Å²) in [5.74, 6) is 0. The second-order valence-electron chi connectivity index (χ2n) is 5.14. The average Bonchev–Trinajstić information content (AvgIpc) is 2.92. The Hall–Kier alpha value is -1.39. The van der Waals surface area contributed by atoms with Crippen molar-refractivity contribution >= 4 is 16.5 Å². The van der Waals surface area contributed by atoms with Crippen LogP contribution in [0.5, 0.6) is 0 Å². The van der Waals surface area contributed by atoms with Gasteiger partial charge in [0.15, 0.2) is 5.13 Å². The lowest BCUT2D eigenvalue weighted by Crippen LogP contribution is -2.22. The SMILES string of the molecule is CCN(Cc1ccccc1)c1ncc(CNC(C)C)s1. The minimum absolute atomic E-state index is 0.507. The minimum atomic E-state index is 0.507. The zero-order valence-electron chi connectivity index (χ0n) is 12.5. The highest BCUT2D eigenvalue weighted by Crippen LogP contribution is 2.24. The molecular weight excluding hydrogens is 266 g/mol. The van der Waals surface area contributed by atoms with E-state index in [1.807, 2.05) is 6.20 Å². The van der Waals surface area contributed by atoms with Crippen LogP contribution in [0, 0.1) is 0 Å². The Labute approximate surface area is 125 Å². The Morgan fingerprint density at radius 3 is 2.65 bits per heavy atom. The fourth-order valence-corrected chi connectivity index (χ4v) is 2.87. The van der Waals surface area contributed by atoms with Gasteiger partial charge in [0.2, 0.25) is 0 Å². The van der Waals surface area contributed by atoms with E-state index in [9.17, 15) is 0 Å². The highest BCUT2D eigenvalue weighted by Gasteiger charge is 2.10. The molecule has 4 heteroatoms. The fourth-order valence-electron chi connectivity index (χ4n) is 1.95. The van der Waals surface area contributed by atoms with Crippen LogP contribution in [0.2, 0.25) is 0 Å². The van der Waals surface area contributed by atoms with Crippen molar-refractivity contribution in [2.24, 2.45) is 0 Å². The van der Waals surface area contributed by atoms with Gasteiger partial charge in [-0.05, 0) is 12.5 Å². The summed E-state index contributed by atoms with van der Waals surface area (Å²) < 4.78 is 0. The van der Waals surface area contributed by atoms with E-state index in [1.165, 1.54) is 10.4 Å². The molecule has 0 bridgehead atoms. The predicted octanol–water partition coefficient (Wildman–Crippen LogP) is 3.67. The number of hydrogen-bond donors (Lipinski definition) is 1. The van der Waals surface area contributed by atoms with Gasteiger partial charge in [0.25, 0.3) is 0 Å². The van der Waals surface area contributed by atoms with Gasteiger partial charge in [-0.25, -0.2) is 4.98 Å². The number of anilines is 1.